The van der Waals surface area contributed by atoms with E-state index in [2.05, 4.69) is 10.3 Å². The van der Waals surface area contributed by atoms with E-state index in [1.54, 1.807) is 24.4 Å². The molecule has 1 aliphatic rings. The number of rotatable bonds is 4. The maximum absolute atomic E-state index is 13.1. The van der Waals surface area contributed by atoms with E-state index in [-0.39, 0.29) is 24.3 Å². The molecule has 3 aromatic rings. The molecule has 1 fully saturated rings. The summed E-state index contributed by atoms with van der Waals surface area (Å²) in [6, 6.07) is 14.8. The molecular formula is C20H17FN4O2. The zero-order valence-corrected chi connectivity index (χ0v) is 14.4. The molecule has 1 N–H and O–H groups in total. The minimum Gasteiger partial charge on any atom is -0.323 e. The third-order valence-corrected chi connectivity index (χ3v) is 4.47. The number of aromatic nitrogens is 1. The van der Waals surface area contributed by atoms with Crippen LogP contribution in [-0.4, -0.2) is 41.5 Å². The lowest BCUT2D eigenvalue weighted by atomic mass is 10.2. The van der Waals surface area contributed by atoms with Crippen molar-refractivity contribution >= 4 is 34.2 Å². The Kier molecular flexibility index (Phi) is 4.42. The maximum Gasteiger partial charge on any atom is 0.325 e. The molecule has 0 unspecified atom stereocenters. The SMILES string of the molecule is O=C(CN1CCN(c2ccc(F)cc2)C1=O)Nc1cccc2cccnc12. The van der Waals surface area contributed by atoms with E-state index in [1.165, 1.54) is 21.9 Å². The van der Waals surface area contributed by atoms with Gasteiger partial charge in [0.2, 0.25) is 5.91 Å². The predicted molar refractivity (Wildman–Crippen MR) is 101 cm³/mol. The molecule has 0 atom stereocenters. The Morgan fingerprint density at radius 1 is 1.07 bits per heavy atom. The summed E-state index contributed by atoms with van der Waals surface area (Å²) in [7, 11) is 0. The van der Waals surface area contributed by atoms with Crippen molar-refractivity contribution in [3.63, 3.8) is 0 Å². The summed E-state index contributed by atoms with van der Waals surface area (Å²) in [4.78, 5) is 32.3. The zero-order valence-electron chi connectivity index (χ0n) is 14.4. The Bertz CT molecular complexity index is 1000. The number of carbonyl (C=O) groups excluding carboxylic acids is 2. The van der Waals surface area contributed by atoms with Gasteiger partial charge in [-0.05, 0) is 36.4 Å². The largest absolute Gasteiger partial charge is 0.325 e. The van der Waals surface area contributed by atoms with Gasteiger partial charge in [-0.15, -0.1) is 0 Å². The Morgan fingerprint density at radius 3 is 2.67 bits per heavy atom. The van der Waals surface area contributed by atoms with Crippen molar-refractivity contribution in [3.8, 4) is 0 Å². The van der Waals surface area contributed by atoms with E-state index < -0.39 is 0 Å². The molecule has 0 saturated carbocycles. The van der Waals surface area contributed by atoms with E-state index in [0.29, 0.717) is 30.0 Å². The fraction of sp³-hybridized carbons (Fsp3) is 0.150. The number of hydrogen-bond acceptors (Lipinski definition) is 3. The number of amides is 3. The second-order valence-electron chi connectivity index (χ2n) is 6.26. The van der Waals surface area contributed by atoms with Gasteiger partial charge in [-0.1, -0.05) is 18.2 Å². The fourth-order valence-electron chi connectivity index (χ4n) is 3.16. The van der Waals surface area contributed by atoms with E-state index in [9.17, 15) is 14.0 Å². The summed E-state index contributed by atoms with van der Waals surface area (Å²) >= 11 is 0. The van der Waals surface area contributed by atoms with E-state index in [1.807, 2.05) is 24.3 Å². The van der Waals surface area contributed by atoms with Crippen molar-refractivity contribution in [2.24, 2.45) is 0 Å². The number of hydrogen-bond donors (Lipinski definition) is 1. The van der Waals surface area contributed by atoms with Crippen molar-refractivity contribution < 1.29 is 14.0 Å². The fourth-order valence-corrected chi connectivity index (χ4v) is 3.16. The summed E-state index contributed by atoms with van der Waals surface area (Å²) < 4.78 is 13.1. The van der Waals surface area contributed by atoms with Gasteiger partial charge in [0.05, 0.1) is 11.2 Å². The first-order valence-electron chi connectivity index (χ1n) is 8.57. The molecule has 1 aromatic heterocycles. The van der Waals surface area contributed by atoms with Crippen LogP contribution >= 0.6 is 0 Å². The minimum absolute atomic E-state index is 0.0558. The number of carbonyl (C=O) groups is 2. The molecule has 0 spiro atoms. The van der Waals surface area contributed by atoms with Crippen LogP contribution in [0.5, 0.6) is 0 Å². The molecule has 2 heterocycles. The third-order valence-electron chi connectivity index (χ3n) is 4.47. The standard InChI is InChI=1S/C20H17FN4O2/c21-15-6-8-16(9-7-15)25-12-11-24(20(25)27)13-18(26)23-17-5-1-3-14-4-2-10-22-19(14)17/h1-10H,11-13H2,(H,23,26). The Hall–Kier alpha value is -3.48. The van der Waals surface area contributed by atoms with Crippen molar-refractivity contribution in [3.05, 3.63) is 66.6 Å². The molecule has 0 radical (unpaired) electrons. The highest BCUT2D eigenvalue weighted by molar-refractivity contribution is 6.03. The van der Waals surface area contributed by atoms with Crippen molar-refractivity contribution in [2.75, 3.05) is 29.9 Å². The number of anilines is 2. The van der Waals surface area contributed by atoms with Gasteiger partial charge in [0.15, 0.2) is 0 Å². The molecule has 7 heteroatoms. The van der Waals surface area contributed by atoms with Gasteiger partial charge in [0.25, 0.3) is 0 Å². The van der Waals surface area contributed by atoms with Gasteiger partial charge in [0, 0.05) is 30.4 Å². The summed E-state index contributed by atoms with van der Waals surface area (Å²) in [6.07, 6.45) is 1.67. The first-order chi connectivity index (χ1) is 13.1. The van der Waals surface area contributed by atoms with Crippen molar-refractivity contribution in [1.82, 2.24) is 9.88 Å². The summed E-state index contributed by atoms with van der Waals surface area (Å²) in [5.74, 6) is -0.646. The van der Waals surface area contributed by atoms with E-state index in [0.717, 1.165) is 5.39 Å². The van der Waals surface area contributed by atoms with Gasteiger partial charge in [-0.3, -0.25) is 14.7 Å². The molecule has 2 aromatic carbocycles. The minimum atomic E-state index is -0.356. The van der Waals surface area contributed by atoms with Crippen LogP contribution in [0.3, 0.4) is 0 Å². The molecule has 4 rings (SSSR count). The molecule has 136 valence electrons. The Labute approximate surface area is 155 Å². The van der Waals surface area contributed by atoms with E-state index >= 15 is 0 Å². The highest BCUT2D eigenvalue weighted by atomic mass is 19.1. The number of nitrogens with one attached hydrogen (secondary N) is 1. The zero-order chi connectivity index (χ0) is 18.8. The van der Waals surface area contributed by atoms with Crippen LogP contribution in [0, 0.1) is 5.82 Å². The highest BCUT2D eigenvalue weighted by Crippen LogP contribution is 2.22. The maximum atomic E-state index is 13.1. The predicted octanol–water partition coefficient (Wildman–Crippen LogP) is 3.25. The lowest BCUT2D eigenvalue weighted by Crippen LogP contribution is -2.37. The van der Waals surface area contributed by atoms with Crippen LogP contribution in [0.1, 0.15) is 0 Å². The second-order valence-corrected chi connectivity index (χ2v) is 6.26. The van der Waals surface area contributed by atoms with Gasteiger partial charge in [0.1, 0.15) is 12.4 Å². The third kappa shape index (κ3) is 3.44. The summed E-state index contributed by atoms with van der Waals surface area (Å²) in [5, 5.41) is 3.76. The van der Waals surface area contributed by atoms with Crippen LogP contribution in [0.4, 0.5) is 20.6 Å². The highest BCUT2D eigenvalue weighted by Gasteiger charge is 2.30. The Morgan fingerprint density at radius 2 is 1.85 bits per heavy atom. The van der Waals surface area contributed by atoms with Gasteiger partial charge < -0.3 is 10.2 Å². The average Bonchev–Trinajstić information content (AvgIpc) is 3.03. The number of nitrogens with zero attached hydrogens (tertiary/aromatic N) is 3. The van der Waals surface area contributed by atoms with Crippen LogP contribution in [0.25, 0.3) is 10.9 Å². The lowest BCUT2D eigenvalue weighted by molar-refractivity contribution is -0.116. The van der Waals surface area contributed by atoms with Crippen LogP contribution in [0.15, 0.2) is 60.8 Å². The van der Waals surface area contributed by atoms with Gasteiger partial charge in [-0.25, -0.2) is 9.18 Å². The van der Waals surface area contributed by atoms with Crippen LogP contribution in [0.2, 0.25) is 0 Å². The topological polar surface area (TPSA) is 65.5 Å². The normalized spacial score (nSPS) is 14.0. The second kappa shape index (κ2) is 7.03. The van der Waals surface area contributed by atoms with Crippen molar-refractivity contribution in [1.29, 1.82) is 0 Å². The van der Waals surface area contributed by atoms with Crippen molar-refractivity contribution in [2.45, 2.75) is 0 Å². The lowest BCUT2D eigenvalue weighted by Gasteiger charge is -2.18. The first kappa shape index (κ1) is 17.0. The molecule has 27 heavy (non-hydrogen) atoms. The quantitative estimate of drug-likeness (QED) is 0.773. The number of halogens is 1. The number of para-hydroxylation sites is 1. The molecule has 3 amide bonds. The number of urea groups is 1. The van der Waals surface area contributed by atoms with E-state index in [4.69, 9.17) is 0 Å². The molecule has 1 saturated heterocycles. The molecular weight excluding hydrogens is 347 g/mol. The van der Waals surface area contributed by atoms with Crippen LogP contribution in [-0.2, 0) is 4.79 Å². The number of benzene rings is 2. The first-order valence-corrected chi connectivity index (χ1v) is 8.57. The van der Waals surface area contributed by atoms with Gasteiger partial charge in [-0.2, -0.15) is 0 Å². The van der Waals surface area contributed by atoms with Gasteiger partial charge >= 0.3 is 6.03 Å². The smallest absolute Gasteiger partial charge is 0.323 e. The summed E-state index contributed by atoms with van der Waals surface area (Å²) in [6.45, 7) is 0.824. The summed E-state index contributed by atoms with van der Waals surface area (Å²) in [5.41, 5.74) is 1.93. The number of pyridine rings is 1. The number of fused-ring (bicyclic) bond motifs is 1. The Balaban J connectivity index is 1.44. The molecule has 1 aliphatic heterocycles. The average molecular weight is 364 g/mol. The molecule has 0 bridgehead atoms. The molecule has 0 aliphatic carbocycles. The van der Waals surface area contributed by atoms with Crippen LogP contribution < -0.4 is 10.2 Å². The molecule has 6 nitrogen and oxygen atoms in total. The monoisotopic (exact) mass is 364 g/mol.